The molecule has 0 amide bonds. The van der Waals surface area contributed by atoms with Crippen molar-refractivity contribution in [3.63, 3.8) is 0 Å². The lowest BCUT2D eigenvalue weighted by Gasteiger charge is -2.37. The molecule has 2 heteroatoms. The summed E-state index contributed by atoms with van der Waals surface area (Å²) in [6, 6.07) is 7.42. The fraction of sp³-hybridized carbons (Fsp3) is 0.600. The molecule has 0 aromatic heterocycles. The van der Waals surface area contributed by atoms with Crippen LogP contribution in [0, 0.1) is 12.8 Å². The van der Waals surface area contributed by atoms with Crippen molar-refractivity contribution in [1.82, 2.24) is 5.32 Å². The molecule has 3 rings (SSSR count). The van der Waals surface area contributed by atoms with Gasteiger partial charge in [0.2, 0.25) is 0 Å². The fourth-order valence-corrected chi connectivity index (χ4v) is 2.89. The molecule has 0 bridgehead atoms. The molecule has 1 aromatic rings. The Balaban J connectivity index is 1.64. The number of benzene rings is 1. The molecule has 2 aliphatic rings. The van der Waals surface area contributed by atoms with E-state index in [4.69, 9.17) is 11.6 Å². The van der Waals surface area contributed by atoms with E-state index in [1.807, 2.05) is 0 Å². The van der Waals surface area contributed by atoms with E-state index in [0.717, 1.165) is 22.9 Å². The van der Waals surface area contributed by atoms with Crippen molar-refractivity contribution in [2.45, 2.75) is 44.6 Å². The molecule has 0 aliphatic heterocycles. The molecule has 17 heavy (non-hydrogen) atoms. The standard InChI is InChI=1S/C15H20ClN/c1-10-2-3-11(8-15(10)16)14-7-4-12(14)9-17-13-5-6-13/h2-3,8,12-14,17H,4-7,9H2,1H3. The van der Waals surface area contributed by atoms with Gasteiger partial charge in [-0.25, -0.2) is 0 Å². The highest BCUT2D eigenvalue weighted by Gasteiger charge is 2.33. The molecule has 2 fully saturated rings. The van der Waals surface area contributed by atoms with Crippen LogP contribution in [-0.4, -0.2) is 12.6 Å². The normalized spacial score (nSPS) is 27.9. The van der Waals surface area contributed by atoms with Crippen molar-refractivity contribution in [3.05, 3.63) is 34.3 Å². The lowest BCUT2D eigenvalue weighted by molar-refractivity contribution is 0.245. The first-order valence-corrected chi connectivity index (χ1v) is 7.11. The summed E-state index contributed by atoms with van der Waals surface area (Å²) < 4.78 is 0. The zero-order valence-electron chi connectivity index (χ0n) is 10.4. The number of hydrogen-bond acceptors (Lipinski definition) is 1. The Bertz CT molecular complexity index is 411. The summed E-state index contributed by atoms with van der Waals surface area (Å²) in [5.41, 5.74) is 2.62. The van der Waals surface area contributed by atoms with Crippen molar-refractivity contribution in [2.75, 3.05) is 6.54 Å². The molecular weight excluding hydrogens is 230 g/mol. The van der Waals surface area contributed by atoms with Gasteiger partial charge in [-0.2, -0.15) is 0 Å². The Morgan fingerprint density at radius 1 is 1.24 bits per heavy atom. The topological polar surface area (TPSA) is 12.0 Å². The molecule has 0 radical (unpaired) electrons. The van der Waals surface area contributed by atoms with Crippen LogP contribution < -0.4 is 5.32 Å². The third-order valence-corrected chi connectivity index (χ3v) is 4.69. The van der Waals surface area contributed by atoms with E-state index in [1.54, 1.807) is 0 Å². The summed E-state index contributed by atoms with van der Waals surface area (Å²) in [5.74, 6) is 1.56. The van der Waals surface area contributed by atoms with Gasteiger partial charge in [-0.05, 0) is 68.2 Å². The van der Waals surface area contributed by atoms with Gasteiger partial charge in [-0.3, -0.25) is 0 Å². The van der Waals surface area contributed by atoms with Gasteiger partial charge in [-0.15, -0.1) is 0 Å². The van der Waals surface area contributed by atoms with Gasteiger partial charge >= 0.3 is 0 Å². The summed E-state index contributed by atoms with van der Waals surface area (Å²) in [4.78, 5) is 0. The minimum Gasteiger partial charge on any atom is -0.314 e. The number of nitrogens with one attached hydrogen (secondary N) is 1. The summed E-state index contributed by atoms with van der Waals surface area (Å²) in [6.07, 6.45) is 5.47. The Morgan fingerprint density at radius 3 is 2.65 bits per heavy atom. The van der Waals surface area contributed by atoms with E-state index in [2.05, 4.69) is 30.4 Å². The van der Waals surface area contributed by atoms with Crippen molar-refractivity contribution in [3.8, 4) is 0 Å². The van der Waals surface area contributed by atoms with Crippen LogP contribution in [0.1, 0.15) is 42.7 Å². The van der Waals surface area contributed by atoms with Gasteiger partial charge in [0.25, 0.3) is 0 Å². The predicted molar refractivity (Wildman–Crippen MR) is 72.7 cm³/mol. The van der Waals surface area contributed by atoms with Gasteiger partial charge in [0, 0.05) is 11.1 Å². The first kappa shape index (κ1) is 11.6. The second kappa shape index (κ2) is 4.62. The van der Waals surface area contributed by atoms with Gasteiger partial charge in [0.15, 0.2) is 0 Å². The summed E-state index contributed by atoms with van der Waals surface area (Å²) in [7, 11) is 0. The fourth-order valence-electron chi connectivity index (χ4n) is 2.70. The molecule has 0 spiro atoms. The molecule has 2 saturated carbocycles. The molecule has 2 unspecified atom stereocenters. The van der Waals surface area contributed by atoms with E-state index in [-0.39, 0.29) is 0 Å². The molecule has 2 atom stereocenters. The third-order valence-electron chi connectivity index (χ3n) is 4.29. The van der Waals surface area contributed by atoms with Gasteiger partial charge < -0.3 is 5.32 Å². The number of halogens is 1. The van der Waals surface area contributed by atoms with Gasteiger partial charge in [-0.1, -0.05) is 23.7 Å². The monoisotopic (exact) mass is 249 g/mol. The number of rotatable bonds is 4. The van der Waals surface area contributed by atoms with Crippen LogP contribution in [0.5, 0.6) is 0 Å². The first-order valence-electron chi connectivity index (χ1n) is 6.73. The van der Waals surface area contributed by atoms with Crippen molar-refractivity contribution >= 4 is 11.6 Å². The maximum absolute atomic E-state index is 6.21. The molecule has 1 nitrogen and oxygen atoms in total. The van der Waals surface area contributed by atoms with E-state index in [1.165, 1.54) is 43.4 Å². The van der Waals surface area contributed by atoms with Crippen LogP contribution in [0.2, 0.25) is 5.02 Å². The van der Waals surface area contributed by atoms with Crippen LogP contribution in [0.15, 0.2) is 18.2 Å². The lowest BCUT2D eigenvalue weighted by Crippen LogP contribution is -2.34. The maximum Gasteiger partial charge on any atom is 0.0438 e. The second-order valence-electron chi connectivity index (χ2n) is 5.64. The quantitative estimate of drug-likeness (QED) is 0.854. The van der Waals surface area contributed by atoms with Crippen molar-refractivity contribution < 1.29 is 0 Å². The van der Waals surface area contributed by atoms with E-state index < -0.39 is 0 Å². The van der Waals surface area contributed by atoms with Crippen LogP contribution in [0.25, 0.3) is 0 Å². The highest BCUT2D eigenvalue weighted by molar-refractivity contribution is 6.31. The van der Waals surface area contributed by atoms with Crippen LogP contribution in [-0.2, 0) is 0 Å². The van der Waals surface area contributed by atoms with Gasteiger partial charge in [0.05, 0.1) is 0 Å². The minimum atomic E-state index is 0.736. The highest BCUT2D eigenvalue weighted by Crippen LogP contribution is 2.43. The number of aryl methyl sites for hydroxylation is 1. The summed E-state index contributed by atoms with van der Waals surface area (Å²) in [6.45, 7) is 3.26. The maximum atomic E-state index is 6.21. The largest absolute Gasteiger partial charge is 0.314 e. The molecule has 2 aliphatic carbocycles. The SMILES string of the molecule is Cc1ccc(C2CCC2CNC2CC2)cc1Cl. The van der Waals surface area contributed by atoms with Gasteiger partial charge in [0.1, 0.15) is 0 Å². The minimum absolute atomic E-state index is 0.736. The highest BCUT2D eigenvalue weighted by atomic mass is 35.5. The molecule has 0 heterocycles. The van der Waals surface area contributed by atoms with Crippen LogP contribution in [0.3, 0.4) is 0 Å². The average molecular weight is 250 g/mol. The Morgan fingerprint density at radius 2 is 2.06 bits per heavy atom. The molecule has 1 aromatic carbocycles. The molecular formula is C15H20ClN. The Kier molecular flexibility index (Phi) is 3.14. The second-order valence-corrected chi connectivity index (χ2v) is 6.04. The Hall–Kier alpha value is -0.530. The summed E-state index contributed by atoms with van der Waals surface area (Å²) >= 11 is 6.21. The molecule has 0 saturated heterocycles. The van der Waals surface area contributed by atoms with E-state index >= 15 is 0 Å². The smallest absolute Gasteiger partial charge is 0.0438 e. The first-order chi connectivity index (χ1) is 8.24. The Labute approximate surface area is 109 Å². The van der Waals surface area contributed by atoms with Crippen LogP contribution in [0.4, 0.5) is 0 Å². The van der Waals surface area contributed by atoms with E-state index in [0.29, 0.717) is 0 Å². The molecule has 92 valence electrons. The zero-order chi connectivity index (χ0) is 11.8. The van der Waals surface area contributed by atoms with Crippen molar-refractivity contribution in [1.29, 1.82) is 0 Å². The average Bonchev–Trinajstić information content (AvgIpc) is 3.06. The van der Waals surface area contributed by atoms with Crippen molar-refractivity contribution in [2.24, 2.45) is 5.92 Å². The summed E-state index contributed by atoms with van der Waals surface area (Å²) in [5, 5.41) is 4.57. The van der Waals surface area contributed by atoms with Crippen LogP contribution >= 0.6 is 11.6 Å². The lowest BCUT2D eigenvalue weighted by atomic mass is 9.70. The van der Waals surface area contributed by atoms with E-state index in [9.17, 15) is 0 Å². The third kappa shape index (κ3) is 2.51. The predicted octanol–water partition coefficient (Wildman–Crippen LogP) is 3.89. The zero-order valence-corrected chi connectivity index (χ0v) is 11.1. The molecule has 1 N–H and O–H groups in total. The number of hydrogen-bond donors (Lipinski definition) is 1.